The SMILES string of the molecule is CNC(=O)C(c1cc(OC)c(OC)c(OC)c1)[C@H](CN1CCCC1)c1ccccc1. The lowest BCUT2D eigenvalue weighted by Gasteiger charge is -2.31. The number of carbonyl (C=O) groups is 1. The Bertz CT molecular complexity index is 809. The second kappa shape index (κ2) is 10.3. The summed E-state index contributed by atoms with van der Waals surface area (Å²) in [6, 6.07) is 14.1. The van der Waals surface area contributed by atoms with Crippen molar-refractivity contribution in [3.05, 3.63) is 53.6 Å². The Labute approximate surface area is 179 Å². The molecule has 6 nitrogen and oxygen atoms in total. The first-order valence-electron chi connectivity index (χ1n) is 10.4. The third-order valence-corrected chi connectivity index (χ3v) is 5.86. The fourth-order valence-corrected chi connectivity index (χ4v) is 4.35. The molecule has 0 bridgehead atoms. The molecule has 2 aromatic rings. The molecule has 2 atom stereocenters. The molecule has 1 fully saturated rings. The van der Waals surface area contributed by atoms with Gasteiger partial charge in [0.1, 0.15) is 0 Å². The number of methoxy groups -OCH3 is 3. The van der Waals surface area contributed by atoms with Gasteiger partial charge in [0, 0.05) is 19.5 Å². The van der Waals surface area contributed by atoms with E-state index in [1.807, 2.05) is 30.3 Å². The molecule has 0 aromatic heterocycles. The number of amides is 1. The fraction of sp³-hybridized carbons (Fsp3) is 0.458. The number of likely N-dealkylation sites (tertiary alicyclic amines) is 1. The van der Waals surface area contributed by atoms with Gasteiger partial charge < -0.3 is 24.4 Å². The summed E-state index contributed by atoms with van der Waals surface area (Å²) in [5, 5.41) is 2.87. The molecule has 2 aromatic carbocycles. The first-order chi connectivity index (χ1) is 14.6. The van der Waals surface area contributed by atoms with Gasteiger partial charge in [-0.1, -0.05) is 30.3 Å². The zero-order valence-corrected chi connectivity index (χ0v) is 18.3. The summed E-state index contributed by atoms with van der Waals surface area (Å²) < 4.78 is 16.6. The number of likely N-dealkylation sites (N-methyl/N-ethyl adjacent to an activating group) is 1. The van der Waals surface area contributed by atoms with Crippen molar-refractivity contribution in [1.29, 1.82) is 0 Å². The van der Waals surface area contributed by atoms with E-state index in [1.54, 1.807) is 28.4 Å². The van der Waals surface area contributed by atoms with E-state index in [9.17, 15) is 4.79 Å². The Hall–Kier alpha value is -2.73. The average molecular weight is 413 g/mol. The minimum absolute atomic E-state index is 0.00735. The average Bonchev–Trinajstić information content (AvgIpc) is 3.31. The lowest BCUT2D eigenvalue weighted by molar-refractivity contribution is -0.122. The molecule has 162 valence electrons. The van der Waals surface area contributed by atoms with Crippen molar-refractivity contribution in [2.75, 3.05) is 48.0 Å². The highest BCUT2D eigenvalue weighted by molar-refractivity contribution is 5.85. The smallest absolute Gasteiger partial charge is 0.227 e. The van der Waals surface area contributed by atoms with Crippen LogP contribution in [-0.4, -0.2) is 58.8 Å². The summed E-state index contributed by atoms with van der Waals surface area (Å²) >= 11 is 0. The molecular formula is C24H32N2O4. The summed E-state index contributed by atoms with van der Waals surface area (Å²) in [4.78, 5) is 15.7. The number of nitrogens with one attached hydrogen (secondary N) is 1. The lowest BCUT2D eigenvalue weighted by Crippen LogP contribution is -2.36. The molecule has 1 aliphatic rings. The molecule has 1 amide bonds. The molecule has 0 spiro atoms. The van der Waals surface area contributed by atoms with Crippen LogP contribution in [0.5, 0.6) is 17.2 Å². The number of benzene rings is 2. The lowest BCUT2D eigenvalue weighted by atomic mass is 9.80. The first kappa shape index (κ1) is 22.0. The summed E-state index contributed by atoms with van der Waals surface area (Å²) in [5.41, 5.74) is 1.99. The Morgan fingerprint density at radius 3 is 2.07 bits per heavy atom. The second-order valence-electron chi connectivity index (χ2n) is 7.58. The molecule has 1 N–H and O–H groups in total. The van der Waals surface area contributed by atoms with Gasteiger partial charge >= 0.3 is 0 Å². The summed E-state index contributed by atoms with van der Waals surface area (Å²) in [7, 11) is 6.45. The molecule has 1 unspecified atom stereocenters. The van der Waals surface area contributed by atoms with Crippen LogP contribution < -0.4 is 19.5 Å². The van der Waals surface area contributed by atoms with Gasteiger partial charge in [0.25, 0.3) is 0 Å². The first-order valence-corrected chi connectivity index (χ1v) is 10.4. The Balaban J connectivity index is 2.11. The molecule has 0 saturated carbocycles. The molecule has 0 aliphatic carbocycles. The number of carbonyl (C=O) groups excluding carboxylic acids is 1. The van der Waals surface area contributed by atoms with Gasteiger partial charge in [-0.15, -0.1) is 0 Å². The molecular weight excluding hydrogens is 380 g/mol. The summed E-state index contributed by atoms with van der Waals surface area (Å²) in [6.45, 7) is 2.96. The van der Waals surface area contributed by atoms with Crippen molar-refractivity contribution >= 4 is 5.91 Å². The summed E-state index contributed by atoms with van der Waals surface area (Å²) in [5.74, 6) is 1.19. The van der Waals surface area contributed by atoms with E-state index in [0.29, 0.717) is 17.2 Å². The molecule has 30 heavy (non-hydrogen) atoms. The largest absolute Gasteiger partial charge is 0.493 e. The van der Waals surface area contributed by atoms with E-state index in [1.165, 1.54) is 12.8 Å². The van der Waals surface area contributed by atoms with Crippen molar-refractivity contribution < 1.29 is 19.0 Å². The zero-order chi connectivity index (χ0) is 21.5. The van der Waals surface area contributed by atoms with Crippen molar-refractivity contribution in [3.8, 4) is 17.2 Å². The maximum absolute atomic E-state index is 13.2. The van der Waals surface area contributed by atoms with Gasteiger partial charge in [0.05, 0.1) is 27.2 Å². The van der Waals surface area contributed by atoms with Crippen LogP contribution in [0.25, 0.3) is 0 Å². The number of ether oxygens (including phenoxy) is 3. The monoisotopic (exact) mass is 412 g/mol. The fourth-order valence-electron chi connectivity index (χ4n) is 4.35. The highest BCUT2D eigenvalue weighted by Gasteiger charge is 2.34. The van der Waals surface area contributed by atoms with Gasteiger partial charge in [0.15, 0.2) is 11.5 Å². The molecule has 3 rings (SSSR count). The van der Waals surface area contributed by atoms with Gasteiger partial charge in [-0.05, 0) is 49.2 Å². The number of hydrogen-bond donors (Lipinski definition) is 1. The van der Waals surface area contributed by atoms with E-state index in [2.05, 4.69) is 22.3 Å². The minimum atomic E-state index is -0.397. The molecule has 0 radical (unpaired) electrons. The third kappa shape index (κ3) is 4.70. The van der Waals surface area contributed by atoms with Crippen LogP contribution in [0.3, 0.4) is 0 Å². The van der Waals surface area contributed by atoms with Crippen LogP contribution in [0.15, 0.2) is 42.5 Å². The Kier molecular flexibility index (Phi) is 7.57. The van der Waals surface area contributed by atoms with Crippen molar-refractivity contribution in [1.82, 2.24) is 10.2 Å². The number of nitrogens with zero attached hydrogens (tertiary/aromatic N) is 1. The van der Waals surface area contributed by atoms with Crippen LogP contribution in [0.4, 0.5) is 0 Å². The topological polar surface area (TPSA) is 60.0 Å². The van der Waals surface area contributed by atoms with E-state index >= 15 is 0 Å². The van der Waals surface area contributed by atoms with Gasteiger partial charge in [-0.2, -0.15) is 0 Å². The van der Waals surface area contributed by atoms with Crippen molar-refractivity contribution in [3.63, 3.8) is 0 Å². The molecule has 1 saturated heterocycles. The van der Waals surface area contributed by atoms with E-state index in [-0.39, 0.29) is 11.8 Å². The van der Waals surface area contributed by atoms with Gasteiger partial charge in [-0.25, -0.2) is 0 Å². The van der Waals surface area contributed by atoms with Gasteiger partial charge in [0.2, 0.25) is 11.7 Å². The molecule has 1 aliphatic heterocycles. The minimum Gasteiger partial charge on any atom is -0.493 e. The highest BCUT2D eigenvalue weighted by Crippen LogP contribution is 2.43. The third-order valence-electron chi connectivity index (χ3n) is 5.86. The summed E-state index contributed by atoms with van der Waals surface area (Å²) in [6.07, 6.45) is 2.41. The predicted molar refractivity (Wildman–Crippen MR) is 118 cm³/mol. The second-order valence-corrected chi connectivity index (χ2v) is 7.58. The van der Waals surface area contributed by atoms with Crippen LogP contribution in [0.2, 0.25) is 0 Å². The number of rotatable bonds is 9. The Morgan fingerprint density at radius 2 is 1.57 bits per heavy atom. The quantitative estimate of drug-likeness (QED) is 0.684. The highest BCUT2D eigenvalue weighted by atomic mass is 16.5. The van der Waals surface area contributed by atoms with Crippen molar-refractivity contribution in [2.45, 2.75) is 24.7 Å². The standard InChI is InChI=1S/C24H32N2O4/c1-25-24(27)22(18-14-20(28-2)23(30-4)21(15-18)29-3)19(16-26-12-8-9-13-26)17-10-6-5-7-11-17/h5-7,10-11,14-15,19,22H,8-9,12-13,16H2,1-4H3,(H,25,27)/t19-,22?/m1/s1. The maximum Gasteiger partial charge on any atom is 0.227 e. The maximum atomic E-state index is 13.2. The molecule has 1 heterocycles. The van der Waals surface area contributed by atoms with Crippen molar-refractivity contribution in [2.24, 2.45) is 0 Å². The van der Waals surface area contributed by atoms with Crippen LogP contribution in [-0.2, 0) is 4.79 Å². The van der Waals surface area contributed by atoms with E-state index < -0.39 is 5.92 Å². The Morgan fingerprint density at radius 1 is 0.967 bits per heavy atom. The number of hydrogen-bond acceptors (Lipinski definition) is 5. The van der Waals surface area contributed by atoms with Crippen LogP contribution in [0.1, 0.15) is 35.8 Å². The zero-order valence-electron chi connectivity index (χ0n) is 18.3. The van der Waals surface area contributed by atoms with Crippen LogP contribution in [0, 0.1) is 0 Å². The normalized spacial score (nSPS) is 16.0. The van der Waals surface area contributed by atoms with E-state index in [4.69, 9.17) is 14.2 Å². The van der Waals surface area contributed by atoms with Crippen LogP contribution >= 0.6 is 0 Å². The molecule has 6 heteroatoms. The van der Waals surface area contributed by atoms with Gasteiger partial charge in [-0.3, -0.25) is 4.79 Å². The predicted octanol–water partition coefficient (Wildman–Crippen LogP) is 3.42. The van der Waals surface area contributed by atoms with E-state index in [0.717, 1.165) is 30.8 Å².